The van der Waals surface area contributed by atoms with Gasteiger partial charge in [-0.05, 0) is 29.8 Å². The number of halogens is 1. The molecule has 5 rings (SSSR count). The highest BCUT2D eigenvalue weighted by Crippen LogP contribution is 2.44. The number of allylic oxidation sites excluding steroid dienone is 1. The number of methoxy groups -OCH3 is 1. The molecule has 1 atom stereocenters. The van der Waals surface area contributed by atoms with E-state index in [1.54, 1.807) is 30.3 Å². The van der Waals surface area contributed by atoms with E-state index >= 15 is 4.39 Å². The van der Waals surface area contributed by atoms with Gasteiger partial charge in [-0.1, -0.05) is 18.2 Å². The highest BCUT2D eigenvalue weighted by Gasteiger charge is 2.39. The van der Waals surface area contributed by atoms with Gasteiger partial charge in [0.2, 0.25) is 11.3 Å². The number of ether oxygens (including phenoxy) is 4. The molecule has 0 unspecified atom stereocenters. The molecule has 1 aromatic heterocycles. The minimum atomic E-state index is -0.884. The largest absolute Gasteiger partial charge is 0.488 e. The summed E-state index contributed by atoms with van der Waals surface area (Å²) in [5.41, 5.74) is 0.807. The molecule has 2 aliphatic heterocycles. The van der Waals surface area contributed by atoms with Crippen LogP contribution in [0.3, 0.4) is 0 Å². The minimum Gasteiger partial charge on any atom is -0.488 e. The smallest absolute Gasteiger partial charge is 0.300 e. The van der Waals surface area contributed by atoms with Crippen LogP contribution in [0.1, 0.15) is 17.0 Å². The van der Waals surface area contributed by atoms with Crippen molar-refractivity contribution < 1.29 is 27.8 Å². The van der Waals surface area contributed by atoms with Crippen molar-refractivity contribution in [2.24, 2.45) is 0 Å². The highest BCUT2D eigenvalue weighted by molar-refractivity contribution is 5.78. The van der Waals surface area contributed by atoms with Crippen molar-refractivity contribution in [3.05, 3.63) is 81.1 Å². The summed E-state index contributed by atoms with van der Waals surface area (Å²) in [7, 11) is 1.53. The molecule has 0 amide bonds. The maximum absolute atomic E-state index is 15.0. The molecule has 3 heterocycles. The molecule has 2 aromatic carbocycles. The third-order valence-corrected chi connectivity index (χ3v) is 6.05. The second kappa shape index (κ2) is 9.78. The number of fused-ring (bicyclic) bond motifs is 2. The van der Waals surface area contributed by atoms with Crippen molar-refractivity contribution in [1.29, 1.82) is 5.26 Å². The second-order valence-corrected chi connectivity index (χ2v) is 8.12. The Morgan fingerprint density at radius 1 is 1.17 bits per heavy atom. The van der Waals surface area contributed by atoms with Crippen LogP contribution in [0.15, 0.2) is 63.1 Å². The molecule has 35 heavy (non-hydrogen) atoms. The first-order valence-corrected chi connectivity index (χ1v) is 11.2. The van der Waals surface area contributed by atoms with Crippen LogP contribution >= 0.6 is 0 Å². The first-order valence-electron chi connectivity index (χ1n) is 11.2. The fraction of sp³-hybridized carbons (Fsp3) is 0.308. The lowest BCUT2D eigenvalue weighted by Gasteiger charge is -2.35. The molecule has 0 radical (unpaired) electrons. The summed E-state index contributed by atoms with van der Waals surface area (Å²) in [4.78, 5) is 15.5. The first kappa shape index (κ1) is 22.9. The first-order chi connectivity index (χ1) is 17.1. The second-order valence-electron chi connectivity index (χ2n) is 8.12. The maximum Gasteiger partial charge on any atom is 0.300 e. The standard InChI is InChI=1S/C26H23FN2O6/c1-31-12-13-33-21-7-6-16(14-19(21)27)22-18(15-28)25(29-8-10-32-11-9-29)35-26-23(22)24(30)17-4-2-3-5-20(17)34-26/h2-7,14,22H,8-13H2,1H3/t22-/m1/s1. The topological polar surface area (TPSA) is 94.2 Å². The van der Waals surface area contributed by atoms with Gasteiger partial charge in [-0.25, -0.2) is 4.39 Å². The van der Waals surface area contributed by atoms with E-state index in [4.69, 9.17) is 23.4 Å². The van der Waals surface area contributed by atoms with Crippen LogP contribution in [0.5, 0.6) is 11.7 Å². The summed E-state index contributed by atoms with van der Waals surface area (Å²) in [5, 5.41) is 10.6. The Balaban J connectivity index is 1.68. The van der Waals surface area contributed by atoms with Crippen LogP contribution in [0.4, 0.5) is 4.39 Å². The molecule has 0 aliphatic carbocycles. The van der Waals surface area contributed by atoms with E-state index in [1.165, 1.54) is 19.2 Å². The number of nitrogens with zero attached hydrogens (tertiary/aromatic N) is 2. The van der Waals surface area contributed by atoms with Crippen molar-refractivity contribution >= 4 is 11.0 Å². The molecule has 1 fully saturated rings. The summed E-state index contributed by atoms with van der Waals surface area (Å²) >= 11 is 0. The SMILES string of the molecule is COCCOc1ccc([C@@H]2C(C#N)=C(N3CCOCC3)Oc3oc4ccccc4c(=O)c32)cc1F. The average molecular weight is 478 g/mol. The van der Waals surface area contributed by atoms with Gasteiger partial charge in [0.25, 0.3) is 5.95 Å². The van der Waals surface area contributed by atoms with E-state index in [0.717, 1.165) is 0 Å². The van der Waals surface area contributed by atoms with Crippen molar-refractivity contribution in [3.8, 4) is 17.8 Å². The van der Waals surface area contributed by atoms with Gasteiger partial charge in [-0.15, -0.1) is 0 Å². The summed E-state index contributed by atoms with van der Waals surface area (Å²) in [5.74, 6) is -1.15. The Labute approximate surface area is 200 Å². The van der Waals surface area contributed by atoms with Crippen LogP contribution in [-0.4, -0.2) is 51.5 Å². The molecule has 8 nitrogen and oxygen atoms in total. The lowest BCUT2D eigenvalue weighted by Crippen LogP contribution is -2.40. The lowest BCUT2D eigenvalue weighted by atomic mass is 9.84. The Kier molecular flexibility index (Phi) is 6.40. The van der Waals surface area contributed by atoms with E-state index in [-0.39, 0.29) is 40.8 Å². The van der Waals surface area contributed by atoms with Crippen molar-refractivity contribution in [2.75, 3.05) is 46.6 Å². The monoisotopic (exact) mass is 478 g/mol. The molecule has 0 spiro atoms. The highest BCUT2D eigenvalue weighted by atomic mass is 19.1. The van der Waals surface area contributed by atoms with Crippen LogP contribution in [0, 0.1) is 17.1 Å². The van der Waals surface area contributed by atoms with Gasteiger partial charge in [-0.2, -0.15) is 5.26 Å². The molecule has 1 saturated heterocycles. The fourth-order valence-electron chi connectivity index (χ4n) is 4.37. The number of hydrogen-bond acceptors (Lipinski definition) is 8. The zero-order valence-electron chi connectivity index (χ0n) is 19.1. The molecule has 0 bridgehead atoms. The van der Waals surface area contributed by atoms with Crippen molar-refractivity contribution in [1.82, 2.24) is 4.90 Å². The van der Waals surface area contributed by atoms with Gasteiger partial charge in [0, 0.05) is 20.2 Å². The summed E-state index contributed by atoms with van der Waals surface area (Å²) in [6, 6.07) is 13.5. The molecule has 0 saturated carbocycles. The Hall–Kier alpha value is -3.87. The normalized spacial score (nSPS) is 17.6. The lowest BCUT2D eigenvalue weighted by molar-refractivity contribution is 0.0294. The van der Waals surface area contributed by atoms with Gasteiger partial charge in [0.05, 0.1) is 36.7 Å². The summed E-state index contributed by atoms with van der Waals surface area (Å²) < 4.78 is 42.9. The van der Waals surface area contributed by atoms with Crippen molar-refractivity contribution in [2.45, 2.75) is 5.92 Å². The number of morpholine rings is 1. The van der Waals surface area contributed by atoms with Crippen LogP contribution in [0.25, 0.3) is 11.0 Å². The number of rotatable bonds is 6. The van der Waals surface area contributed by atoms with Crippen LogP contribution in [0.2, 0.25) is 0 Å². The van der Waals surface area contributed by atoms with Crippen molar-refractivity contribution in [3.63, 3.8) is 0 Å². The quantitative estimate of drug-likeness (QED) is 0.497. The zero-order valence-corrected chi connectivity index (χ0v) is 19.1. The molecule has 3 aromatic rings. The Bertz CT molecular complexity index is 1390. The van der Waals surface area contributed by atoms with E-state index in [0.29, 0.717) is 49.4 Å². The predicted molar refractivity (Wildman–Crippen MR) is 124 cm³/mol. The van der Waals surface area contributed by atoms with Gasteiger partial charge in [0.1, 0.15) is 23.8 Å². The number of hydrogen-bond donors (Lipinski definition) is 0. The molecule has 9 heteroatoms. The number of para-hydroxylation sites is 1. The molecular weight excluding hydrogens is 455 g/mol. The third kappa shape index (κ3) is 4.22. The molecular formula is C26H23FN2O6. The van der Waals surface area contributed by atoms with Crippen LogP contribution < -0.4 is 14.9 Å². The van der Waals surface area contributed by atoms with Gasteiger partial charge < -0.3 is 28.3 Å². The summed E-state index contributed by atoms with van der Waals surface area (Å²) in [6.45, 7) is 2.43. The van der Waals surface area contributed by atoms with Gasteiger partial charge in [-0.3, -0.25) is 4.79 Å². The van der Waals surface area contributed by atoms with E-state index in [2.05, 4.69) is 6.07 Å². The Morgan fingerprint density at radius 2 is 1.97 bits per heavy atom. The molecule has 0 N–H and O–H groups in total. The van der Waals surface area contributed by atoms with E-state index in [9.17, 15) is 10.1 Å². The average Bonchev–Trinajstić information content (AvgIpc) is 2.89. The molecule has 180 valence electrons. The van der Waals surface area contributed by atoms with E-state index < -0.39 is 11.7 Å². The third-order valence-electron chi connectivity index (χ3n) is 6.05. The van der Waals surface area contributed by atoms with E-state index in [1.807, 2.05) is 4.90 Å². The fourth-order valence-corrected chi connectivity index (χ4v) is 4.37. The van der Waals surface area contributed by atoms with Gasteiger partial charge in [0.15, 0.2) is 11.6 Å². The predicted octanol–water partition coefficient (Wildman–Crippen LogP) is 3.55. The molecule has 2 aliphatic rings. The summed E-state index contributed by atoms with van der Waals surface area (Å²) in [6.07, 6.45) is 0. The van der Waals surface area contributed by atoms with Crippen LogP contribution in [-0.2, 0) is 9.47 Å². The maximum atomic E-state index is 15.0. The zero-order chi connectivity index (χ0) is 24.4. The number of benzene rings is 2. The van der Waals surface area contributed by atoms with Gasteiger partial charge >= 0.3 is 0 Å². The number of nitriles is 1. The Morgan fingerprint density at radius 3 is 2.71 bits per heavy atom. The minimum absolute atomic E-state index is 0.0000195.